The van der Waals surface area contributed by atoms with Gasteiger partial charge in [-0.05, 0) is 30.7 Å². The summed E-state index contributed by atoms with van der Waals surface area (Å²) in [6, 6.07) is 7.37. The molecule has 19 heavy (non-hydrogen) atoms. The molecule has 0 unspecified atom stereocenters. The van der Waals surface area contributed by atoms with Crippen LogP contribution in [0.2, 0.25) is 0 Å². The van der Waals surface area contributed by atoms with Crippen LogP contribution in [0.5, 0.6) is 0 Å². The first-order chi connectivity index (χ1) is 9.11. The van der Waals surface area contributed by atoms with E-state index in [-0.39, 0.29) is 0 Å². The molecule has 0 bridgehead atoms. The molecule has 1 aromatic heterocycles. The Morgan fingerprint density at radius 1 is 1.32 bits per heavy atom. The van der Waals surface area contributed by atoms with Crippen LogP contribution >= 0.6 is 0 Å². The van der Waals surface area contributed by atoms with Gasteiger partial charge in [-0.1, -0.05) is 12.1 Å². The van der Waals surface area contributed by atoms with Gasteiger partial charge in [0.1, 0.15) is 11.5 Å². The van der Waals surface area contributed by atoms with Crippen molar-refractivity contribution in [2.45, 2.75) is 6.92 Å². The minimum atomic E-state index is -0.488. The largest absolute Gasteiger partial charge is 0.366 e. The molecule has 1 heterocycles. The maximum Gasteiger partial charge on any atom is 0.241 e. The first-order valence-corrected chi connectivity index (χ1v) is 5.69. The number of primary amides is 1. The molecular formula is C14H13N3O2. The summed E-state index contributed by atoms with van der Waals surface area (Å²) in [6.07, 6.45) is 5.23. The zero-order valence-electron chi connectivity index (χ0n) is 10.4. The fourth-order valence-electron chi connectivity index (χ4n) is 1.79. The van der Waals surface area contributed by atoms with E-state index in [1.54, 1.807) is 10.6 Å². The van der Waals surface area contributed by atoms with Crippen LogP contribution < -0.4 is 5.73 Å². The third-order valence-corrected chi connectivity index (χ3v) is 2.68. The van der Waals surface area contributed by atoms with Gasteiger partial charge in [0.15, 0.2) is 6.29 Å². The molecule has 1 aromatic carbocycles. The first-order valence-electron chi connectivity index (χ1n) is 5.69. The zero-order chi connectivity index (χ0) is 13.8. The highest BCUT2D eigenvalue weighted by atomic mass is 16.1. The molecule has 96 valence electrons. The van der Waals surface area contributed by atoms with E-state index in [0.717, 1.165) is 23.4 Å². The van der Waals surface area contributed by atoms with E-state index in [1.165, 1.54) is 12.3 Å². The maximum atomic E-state index is 10.9. The molecule has 2 rings (SSSR count). The van der Waals surface area contributed by atoms with Gasteiger partial charge in [-0.15, -0.1) is 0 Å². The van der Waals surface area contributed by atoms with E-state index in [9.17, 15) is 9.59 Å². The highest BCUT2D eigenvalue weighted by Crippen LogP contribution is 2.15. The lowest BCUT2D eigenvalue weighted by Gasteiger charge is -2.07. The average Bonchev–Trinajstić information content (AvgIpc) is 2.78. The van der Waals surface area contributed by atoms with Gasteiger partial charge in [0.05, 0.1) is 6.20 Å². The molecule has 0 fully saturated rings. The monoisotopic (exact) mass is 255 g/mol. The van der Waals surface area contributed by atoms with Crippen molar-refractivity contribution in [2.75, 3.05) is 0 Å². The van der Waals surface area contributed by atoms with E-state index in [1.807, 2.05) is 31.2 Å². The Labute approximate surface area is 110 Å². The van der Waals surface area contributed by atoms with Crippen molar-refractivity contribution in [3.8, 4) is 5.69 Å². The Morgan fingerprint density at radius 3 is 2.58 bits per heavy atom. The molecule has 0 saturated carbocycles. The van der Waals surface area contributed by atoms with E-state index >= 15 is 0 Å². The predicted octanol–water partition coefficient (Wildman–Crippen LogP) is 1.49. The van der Waals surface area contributed by atoms with Gasteiger partial charge < -0.3 is 5.73 Å². The number of aryl methyl sites for hydroxylation is 1. The van der Waals surface area contributed by atoms with Crippen LogP contribution in [0.3, 0.4) is 0 Å². The lowest BCUT2D eigenvalue weighted by molar-refractivity contribution is -0.113. The second-order valence-electron chi connectivity index (χ2n) is 4.01. The Morgan fingerprint density at radius 2 is 2.00 bits per heavy atom. The van der Waals surface area contributed by atoms with Crippen molar-refractivity contribution in [2.24, 2.45) is 5.73 Å². The Kier molecular flexibility index (Phi) is 3.56. The minimum absolute atomic E-state index is 0.488. The average molecular weight is 255 g/mol. The summed E-state index contributed by atoms with van der Waals surface area (Å²) >= 11 is 0. The molecule has 5 nitrogen and oxygen atoms in total. The highest BCUT2D eigenvalue weighted by molar-refractivity contribution is 5.90. The van der Waals surface area contributed by atoms with Crippen molar-refractivity contribution >= 4 is 18.3 Å². The van der Waals surface area contributed by atoms with Crippen molar-refractivity contribution in [3.63, 3.8) is 0 Å². The highest BCUT2D eigenvalue weighted by Gasteiger charge is 2.07. The fraction of sp³-hybridized carbons (Fsp3) is 0.0714. The first kappa shape index (κ1) is 12.8. The topological polar surface area (TPSA) is 78.0 Å². The number of hydrogen-bond acceptors (Lipinski definition) is 3. The fourth-order valence-corrected chi connectivity index (χ4v) is 1.79. The van der Waals surface area contributed by atoms with Crippen LogP contribution in [-0.4, -0.2) is 21.7 Å². The normalized spacial score (nSPS) is 10.8. The van der Waals surface area contributed by atoms with Gasteiger partial charge in [-0.3, -0.25) is 14.2 Å². The van der Waals surface area contributed by atoms with Crippen LogP contribution in [0.25, 0.3) is 11.8 Å². The van der Waals surface area contributed by atoms with Crippen LogP contribution in [0.1, 0.15) is 21.9 Å². The Hall–Kier alpha value is -2.69. The van der Waals surface area contributed by atoms with Crippen LogP contribution in [0, 0.1) is 6.92 Å². The second-order valence-corrected chi connectivity index (χ2v) is 4.01. The molecule has 0 aliphatic carbocycles. The number of nitrogens with two attached hydrogens (primary N) is 1. The number of benzene rings is 1. The van der Waals surface area contributed by atoms with Crippen LogP contribution in [-0.2, 0) is 4.79 Å². The minimum Gasteiger partial charge on any atom is -0.366 e. The van der Waals surface area contributed by atoms with Gasteiger partial charge >= 0.3 is 0 Å². The number of aldehydes is 1. The number of carbonyl (C=O) groups is 2. The molecule has 0 aliphatic heterocycles. The number of rotatable bonds is 4. The molecular weight excluding hydrogens is 242 g/mol. The molecule has 0 aliphatic rings. The summed E-state index contributed by atoms with van der Waals surface area (Å²) in [4.78, 5) is 25.7. The van der Waals surface area contributed by atoms with E-state index in [0.29, 0.717) is 5.69 Å². The molecule has 0 saturated heterocycles. The molecule has 5 heteroatoms. The van der Waals surface area contributed by atoms with Gasteiger partial charge in [-0.2, -0.15) is 0 Å². The number of imidazole rings is 1. The third-order valence-electron chi connectivity index (χ3n) is 2.68. The second kappa shape index (κ2) is 5.30. The number of aromatic nitrogens is 2. The van der Waals surface area contributed by atoms with Crippen molar-refractivity contribution in [3.05, 3.63) is 53.6 Å². The van der Waals surface area contributed by atoms with Gasteiger partial charge in [0.2, 0.25) is 5.91 Å². The van der Waals surface area contributed by atoms with Crippen molar-refractivity contribution < 1.29 is 9.59 Å². The number of amides is 1. The molecule has 0 spiro atoms. The lowest BCUT2D eigenvalue weighted by Crippen LogP contribution is -2.05. The van der Waals surface area contributed by atoms with Gasteiger partial charge in [0.25, 0.3) is 0 Å². The summed E-state index contributed by atoms with van der Waals surface area (Å²) in [6.45, 7) is 1.83. The zero-order valence-corrected chi connectivity index (χ0v) is 10.4. The smallest absolute Gasteiger partial charge is 0.241 e. The Balaban J connectivity index is 2.35. The molecule has 1 amide bonds. The van der Waals surface area contributed by atoms with E-state index in [2.05, 4.69) is 4.98 Å². The standard InChI is InChI=1S/C14H13N3O2/c1-10-16-8-13(9-18)17(10)12-5-2-11(3-6-12)4-7-14(15)19/h2-9H,1H3,(H2,15,19). The van der Waals surface area contributed by atoms with Gasteiger partial charge in [0, 0.05) is 11.8 Å². The van der Waals surface area contributed by atoms with Crippen molar-refractivity contribution in [1.29, 1.82) is 0 Å². The van der Waals surface area contributed by atoms with E-state index in [4.69, 9.17) is 5.73 Å². The summed E-state index contributed by atoms with van der Waals surface area (Å²) < 4.78 is 1.76. The van der Waals surface area contributed by atoms with Crippen molar-refractivity contribution in [1.82, 2.24) is 9.55 Å². The maximum absolute atomic E-state index is 10.9. The summed E-state index contributed by atoms with van der Waals surface area (Å²) in [5.74, 6) is 0.250. The summed E-state index contributed by atoms with van der Waals surface area (Å²) in [5, 5.41) is 0. The molecule has 0 radical (unpaired) electrons. The third kappa shape index (κ3) is 2.77. The van der Waals surface area contributed by atoms with Crippen LogP contribution in [0.15, 0.2) is 36.5 Å². The lowest BCUT2D eigenvalue weighted by atomic mass is 10.2. The van der Waals surface area contributed by atoms with E-state index < -0.39 is 5.91 Å². The molecule has 0 atom stereocenters. The predicted molar refractivity (Wildman–Crippen MR) is 71.9 cm³/mol. The molecule has 2 aromatic rings. The number of hydrogen-bond donors (Lipinski definition) is 1. The number of nitrogens with zero attached hydrogens (tertiary/aromatic N) is 2. The van der Waals surface area contributed by atoms with Gasteiger partial charge in [-0.25, -0.2) is 4.98 Å². The van der Waals surface area contributed by atoms with Crippen LogP contribution in [0.4, 0.5) is 0 Å². The summed E-state index contributed by atoms with van der Waals surface area (Å²) in [5.41, 5.74) is 7.22. The molecule has 2 N–H and O–H groups in total. The summed E-state index contributed by atoms with van der Waals surface area (Å²) in [7, 11) is 0. The Bertz CT molecular complexity index is 639. The quantitative estimate of drug-likeness (QED) is 0.664. The number of carbonyl (C=O) groups excluding carboxylic acids is 2. The SMILES string of the molecule is Cc1ncc(C=O)n1-c1ccc(C=CC(N)=O)cc1.